The van der Waals surface area contributed by atoms with Gasteiger partial charge in [0.05, 0.1) is 13.1 Å². The van der Waals surface area contributed by atoms with Crippen molar-refractivity contribution in [3.05, 3.63) is 22.4 Å². The number of hydrogen-bond donors (Lipinski definition) is 1. The molecule has 1 unspecified atom stereocenters. The van der Waals surface area contributed by atoms with Crippen LogP contribution in [0.1, 0.15) is 31.6 Å². The molecule has 1 amide bonds. The van der Waals surface area contributed by atoms with E-state index in [-0.39, 0.29) is 5.91 Å². The number of likely N-dealkylation sites (N-methyl/N-ethyl adjacent to an activating group) is 1. The molecule has 5 heteroatoms. The summed E-state index contributed by atoms with van der Waals surface area (Å²) in [6.07, 6.45) is 2.48. The first-order chi connectivity index (χ1) is 10.1. The lowest BCUT2D eigenvalue weighted by Gasteiger charge is -2.30. The second-order valence-electron chi connectivity index (χ2n) is 6.15. The van der Waals surface area contributed by atoms with Crippen molar-refractivity contribution in [2.24, 2.45) is 0 Å². The smallest absolute Gasteiger partial charge is 0.236 e. The molecule has 21 heavy (non-hydrogen) atoms. The second kappa shape index (κ2) is 7.92. The molecule has 118 valence electrons. The monoisotopic (exact) mass is 309 g/mol. The van der Waals surface area contributed by atoms with Gasteiger partial charge in [0.25, 0.3) is 0 Å². The molecule has 0 spiro atoms. The van der Waals surface area contributed by atoms with Crippen LogP contribution in [0.25, 0.3) is 0 Å². The van der Waals surface area contributed by atoms with Crippen molar-refractivity contribution in [2.45, 2.75) is 45.3 Å². The molecule has 1 aliphatic heterocycles. The van der Waals surface area contributed by atoms with Crippen molar-refractivity contribution in [1.29, 1.82) is 0 Å². The molecule has 1 saturated heterocycles. The first-order valence-corrected chi connectivity index (χ1v) is 8.68. The number of thiophene rings is 1. The van der Waals surface area contributed by atoms with Crippen molar-refractivity contribution in [1.82, 2.24) is 15.1 Å². The van der Waals surface area contributed by atoms with Crippen LogP contribution in [0, 0.1) is 0 Å². The summed E-state index contributed by atoms with van der Waals surface area (Å²) in [6.45, 7) is 7.64. The number of nitrogens with zero attached hydrogens (tertiary/aromatic N) is 2. The Kier molecular flexibility index (Phi) is 6.21. The van der Waals surface area contributed by atoms with Crippen LogP contribution >= 0.6 is 11.3 Å². The third-order valence-corrected chi connectivity index (χ3v) is 4.95. The third kappa shape index (κ3) is 5.09. The molecule has 1 aliphatic rings. The molecule has 0 aromatic carbocycles. The highest BCUT2D eigenvalue weighted by molar-refractivity contribution is 7.09. The topological polar surface area (TPSA) is 35.6 Å². The van der Waals surface area contributed by atoms with Crippen LogP contribution in [0.3, 0.4) is 0 Å². The molecule has 0 bridgehead atoms. The highest BCUT2D eigenvalue weighted by Crippen LogP contribution is 2.12. The first-order valence-electron chi connectivity index (χ1n) is 7.80. The average molecular weight is 309 g/mol. The van der Waals surface area contributed by atoms with Crippen LogP contribution in [-0.2, 0) is 11.3 Å². The van der Waals surface area contributed by atoms with Crippen molar-refractivity contribution >= 4 is 17.2 Å². The molecule has 1 aromatic heterocycles. The van der Waals surface area contributed by atoms with Gasteiger partial charge in [-0.25, -0.2) is 0 Å². The van der Waals surface area contributed by atoms with Gasteiger partial charge >= 0.3 is 0 Å². The van der Waals surface area contributed by atoms with Gasteiger partial charge in [0.1, 0.15) is 0 Å². The molecular weight excluding hydrogens is 282 g/mol. The van der Waals surface area contributed by atoms with Gasteiger partial charge in [-0.15, -0.1) is 11.3 Å². The Bertz CT molecular complexity index is 427. The summed E-state index contributed by atoms with van der Waals surface area (Å²) in [5, 5.41) is 5.57. The van der Waals surface area contributed by atoms with E-state index in [1.54, 1.807) is 11.3 Å². The maximum Gasteiger partial charge on any atom is 0.236 e. The van der Waals surface area contributed by atoms with E-state index < -0.39 is 0 Å². The minimum atomic E-state index is 0.204. The zero-order valence-electron chi connectivity index (χ0n) is 13.3. The minimum Gasteiger partial charge on any atom is -0.340 e. The Labute approximate surface area is 132 Å². The summed E-state index contributed by atoms with van der Waals surface area (Å²) in [7, 11) is 1.90. The van der Waals surface area contributed by atoms with E-state index in [1.165, 1.54) is 17.7 Å². The largest absolute Gasteiger partial charge is 0.340 e. The van der Waals surface area contributed by atoms with Crippen molar-refractivity contribution in [2.75, 3.05) is 26.7 Å². The van der Waals surface area contributed by atoms with E-state index in [9.17, 15) is 4.79 Å². The lowest BCUT2D eigenvalue weighted by Crippen LogP contribution is -2.46. The third-order valence-electron chi connectivity index (χ3n) is 4.08. The number of carbonyl (C=O) groups excluding carboxylic acids is 1. The summed E-state index contributed by atoms with van der Waals surface area (Å²) < 4.78 is 0. The highest BCUT2D eigenvalue weighted by atomic mass is 32.1. The second-order valence-corrected chi connectivity index (χ2v) is 7.18. The SMILES string of the molecule is CC(C)N(CC(=O)N(C)Cc1cccs1)CC1CCCN1. The lowest BCUT2D eigenvalue weighted by atomic mass is 10.2. The normalized spacial score (nSPS) is 18.6. The van der Waals surface area contributed by atoms with Gasteiger partial charge in [-0.05, 0) is 44.7 Å². The van der Waals surface area contributed by atoms with Crippen molar-refractivity contribution in [3.63, 3.8) is 0 Å². The van der Waals surface area contributed by atoms with Crippen LogP contribution in [0.2, 0.25) is 0 Å². The Morgan fingerprint density at radius 3 is 2.90 bits per heavy atom. The zero-order chi connectivity index (χ0) is 15.2. The number of carbonyl (C=O) groups is 1. The maximum atomic E-state index is 12.4. The molecule has 1 aromatic rings. The summed E-state index contributed by atoms with van der Waals surface area (Å²) in [4.78, 5) is 17.8. The molecule has 4 nitrogen and oxygen atoms in total. The molecule has 1 N–H and O–H groups in total. The lowest BCUT2D eigenvalue weighted by molar-refractivity contribution is -0.132. The number of hydrogen-bond acceptors (Lipinski definition) is 4. The van der Waals surface area contributed by atoms with Gasteiger partial charge in [0.2, 0.25) is 5.91 Å². The Morgan fingerprint density at radius 1 is 1.52 bits per heavy atom. The molecular formula is C16H27N3OS. The molecule has 0 aliphatic carbocycles. The fourth-order valence-electron chi connectivity index (χ4n) is 2.67. The summed E-state index contributed by atoms with van der Waals surface area (Å²) >= 11 is 1.70. The van der Waals surface area contributed by atoms with Crippen LogP contribution in [-0.4, -0.2) is 54.5 Å². The van der Waals surface area contributed by atoms with E-state index in [2.05, 4.69) is 35.5 Å². The summed E-state index contributed by atoms with van der Waals surface area (Å²) in [5.74, 6) is 0.204. The predicted octanol–water partition coefficient (Wildman–Crippen LogP) is 2.17. The van der Waals surface area contributed by atoms with Crippen molar-refractivity contribution in [3.8, 4) is 0 Å². The van der Waals surface area contributed by atoms with Crippen molar-refractivity contribution < 1.29 is 4.79 Å². The zero-order valence-corrected chi connectivity index (χ0v) is 14.2. The fourth-order valence-corrected chi connectivity index (χ4v) is 3.43. The summed E-state index contributed by atoms with van der Waals surface area (Å²) in [6, 6.07) is 5.05. The van der Waals surface area contributed by atoms with Crippen LogP contribution < -0.4 is 5.32 Å². The first kappa shape index (κ1) is 16.5. The van der Waals surface area contributed by atoms with Gasteiger partial charge in [0.15, 0.2) is 0 Å². The predicted molar refractivity (Wildman–Crippen MR) is 88.5 cm³/mol. The van der Waals surface area contributed by atoms with Gasteiger partial charge in [-0.3, -0.25) is 9.69 Å². The Hall–Kier alpha value is -0.910. The van der Waals surface area contributed by atoms with Crippen LogP contribution in [0.15, 0.2) is 17.5 Å². The van der Waals surface area contributed by atoms with Gasteiger partial charge in [-0.2, -0.15) is 0 Å². The van der Waals surface area contributed by atoms with Gasteiger partial charge < -0.3 is 10.2 Å². The van der Waals surface area contributed by atoms with Crippen LogP contribution in [0.5, 0.6) is 0 Å². The van der Waals surface area contributed by atoms with E-state index in [4.69, 9.17) is 0 Å². The van der Waals surface area contributed by atoms with Crippen LogP contribution in [0.4, 0.5) is 0 Å². The number of rotatable bonds is 7. The minimum absolute atomic E-state index is 0.204. The van der Waals surface area contributed by atoms with E-state index >= 15 is 0 Å². The van der Waals surface area contributed by atoms with Gasteiger partial charge in [-0.1, -0.05) is 6.07 Å². The molecule has 2 rings (SSSR count). The Balaban J connectivity index is 1.84. The maximum absolute atomic E-state index is 12.4. The summed E-state index contributed by atoms with van der Waals surface area (Å²) in [5.41, 5.74) is 0. The highest BCUT2D eigenvalue weighted by Gasteiger charge is 2.22. The number of nitrogens with one attached hydrogen (secondary N) is 1. The molecule has 1 atom stereocenters. The van der Waals surface area contributed by atoms with Gasteiger partial charge in [0, 0.05) is 30.6 Å². The standard InChI is InChI=1S/C16H27N3OS/c1-13(2)19(10-14-6-4-8-17-14)12-16(20)18(3)11-15-7-5-9-21-15/h5,7,9,13-14,17H,4,6,8,10-12H2,1-3H3. The Morgan fingerprint density at radius 2 is 2.33 bits per heavy atom. The van der Waals surface area contributed by atoms with E-state index in [0.717, 1.165) is 13.1 Å². The molecule has 0 radical (unpaired) electrons. The van der Waals surface area contributed by atoms with E-state index in [0.29, 0.717) is 25.2 Å². The molecule has 2 heterocycles. The average Bonchev–Trinajstić information content (AvgIpc) is 3.10. The molecule has 1 fully saturated rings. The molecule has 0 saturated carbocycles. The number of amides is 1. The quantitative estimate of drug-likeness (QED) is 0.838. The van der Waals surface area contributed by atoms with E-state index in [1.807, 2.05) is 18.0 Å². The fraction of sp³-hybridized carbons (Fsp3) is 0.688.